The van der Waals surface area contributed by atoms with Crippen LogP contribution in [-0.2, 0) is 22.4 Å². The molecular weight excluding hydrogens is 421 g/mol. The minimum absolute atomic E-state index is 0.0231. The number of rotatable bonds is 9. The Morgan fingerprint density at radius 2 is 1.88 bits per heavy atom. The number of hydrogen-bond acceptors (Lipinski definition) is 6. The molecule has 172 valence electrons. The number of likely N-dealkylation sites (N-methyl/N-ethyl adjacent to an activating group) is 1. The van der Waals surface area contributed by atoms with Gasteiger partial charge in [0.2, 0.25) is 0 Å². The van der Waals surface area contributed by atoms with E-state index in [9.17, 15) is 24.9 Å². The van der Waals surface area contributed by atoms with Gasteiger partial charge in [-0.15, -0.1) is 0 Å². The SMILES string of the molecule is Cc1ccc(C[C@H](NC(=O)OCCc2cccc(/C=C(\C#N)C(=O)N(C)C)c2)B(O)O)cc1. The topological polar surface area (TPSA) is 123 Å². The predicted molar refractivity (Wildman–Crippen MR) is 126 cm³/mol. The molecule has 0 aromatic heterocycles. The van der Waals surface area contributed by atoms with Crippen LogP contribution in [0.25, 0.3) is 6.08 Å². The van der Waals surface area contributed by atoms with Crippen LogP contribution in [0.1, 0.15) is 22.3 Å². The van der Waals surface area contributed by atoms with Gasteiger partial charge in [0.25, 0.3) is 5.91 Å². The average Bonchev–Trinajstić information content (AvgIpc) is 2.78. The van der Waals surface area contributed by atoms with Gasteiger partial charge in [-0.25, -0.2) is 4.79 Å². The molecule has 0 heterocycles. The van der Waals surface area contributed by atoms with E-state index in [2.05, 4.69) is 5.32 Å². The molecule has 33 heavy (non-hydrogen) atoms. The van der Waals surface area contributed by atoms with Crippen molar-refractivity contribution in [3.63, 3.8) is 0 Å². The van der Waals surface area contributed by atoms with E-state index < -0.39 is 19.2 Å². The van der Waals surface area contributed by atoms with E-state index in [1.807, 2.05) is 43.3 Å². The smallest absolute Gasteiger partial charge is 0.449 e. The molecule has 0 aliphatic carbocycles. The van der Waals surface area contributed by atoms with Crippen LogP contribution in [0.5, 0.6) is 0 Å². The maximum atomic E-state index is 12.1. The number of amides is 2. The van der Waals surface area contributed by atoms with Crippen LogP contribution >= 0.6 is 0 Å². The first-order chi connectivity index (χ1) is 15.7. The van der Waals surface area contributed by atoms with Crippen molar-refractivity contribution in [3.8, 4) is 6.07 Å². The summed E-state index contributed by atoms with van der Waals surface area (Å²) < 4.78 is 5.19. The van der Waals surface area contributed by atoms with E-state index in [0.717, 1.165) is 16.7 Å². The molecule has 0 saturated carbocycles. The lowest BCUT2D eigenvalue weighted by Crippen LogP contribution is -2.48. The van der Waals surface area contributed by atoms with Crippen LogP contribution in [0, 0.1) is 18.3 Å². The van der Waals surface area contributed by atoms with Gasteiger partial charge in [0.15, 0.2) is 0 Å². The third-order valence-electron chi connectivity index (χ3n) is 4.88. The van der Waals surface area contributed by atoms with Gasteiger partial charge in [0, 0.05) is 20.5 Å². The molecule has 0 aliphatic rings. The van der Waals surface area contributed by atoms with E-state index in [-0.39, 0.29) is 24.5 Å². The standard InChI is InChI=1S/C24H28BN3O5/c1-17-7-9-19(10-8-17)15-22(25(31)32)27-24(30)33-12-11-18-5-4-6-20(13-18)14-21(16-26)23(29)28(2)3/h4-10,13-14,22,31-32H,11-12,15H2,1-3H3,(H,27,30)/b21-14+/t22-/m0/s1. The van der Waals surface area contributed by atoms with Gasteiger partial charge in [0.1, 0.15) is 11.6 Å². The van der Waals surface area contributed by atoms with E-state index in [1.54, 1.807) is 32.3 Å². The van der Waals surface area contributed by atoms with Crippen molar-refractivity contribution in [2.24, 2.45) is 0 Å². The van der Waals surface area contributed by atoms with Gasteiger partial charge in [-0.1, -0.05) is 54.1 Å². The molecule has 3 N–H and O–H groups in total. The van der Waals surface area contributed by atoms with Crippen LogP contribution in [0.15, 0.2) is 54.1 Å². The highest BCUT2D eigenvalue weighted by atomic mass is 16.5. The number of nitriles is 1. The molecule has 2 rings (SSSR count). The minimum Gasteiger partial charge on any atom is -0.449 e. The molecular formula is C24H28BN3O5. The molecule has 0 spiro atoms. The molecule has 0 aliphatic heterocycles. The summed E-state index contributed by atoms with van der Waals surface area (Å²) in [6, 6.07) is 16.7. The lowest BCUT2D eigenvalue weighted by molar-refractivity contribution is -0.124. The molecule has 9 heteroatoms. The predicted octanol–water partition coefficient (Wildman–Crippen LogP) is 1.88. The number of benzene rings is 2. The second-order valence-corrected chi connectivity index (χ2v) is 7.85. The highest BCUT2D eigenvalue weighted by molar-refractivity contribution is 6.43. The zero-order valence-corrected chi connectivity index (χ0v) is 19.0. The summed E-state index contributed by atoms with van der Waals surface area (Å²) in [5, 5.41) is 30.9. The second kappa shape index (κ2) is 12.4. The molecule has 2 amide bonds. The lowest BCUT2D eigenvalue weighted by atomic mass is 9.76. The van der Waals surface area contributed by atoms with Gasteiger partial charge in [-0.3, -0.25) is 4.79 Å². The van der Waals surface area contributed by atoms with Crippen molar-refractivity contribution in [2.75, 3.05) is 20.7 Å². The van der Waals surface area contributed by atoms with Crippen molar-refractivity contribution in [1.82, 2.24) is 10.2 Å². The zero-order valence-electron chi connectivity index (χ0n) is 19.0. The maximum Gasteiger partial charge on any atom is 0.475 e. The molecule has 2 aromatic carbocycles. The van der Waals surface area contributed by atoms with Crippen molar-refractivity contribution in [1.29, 1.82) is 5.26 Å². The molecule has 1 atom stereocenters. The van der Waals surface area contributed by atoms with Gasteiger partial charge in [-0.05, 0) is 36.1 Å². The number of nitrogens with one attached hydrogen (secondary N) is 1. The Kier molecular flexibility index (Phi) is 9.67. The van der Waals surface area contributed by atoms with E-state index in [4.69, 9.17) is 4.74 Å². The van der Waals surface area contributed by atoms with Crippen molar-refractivity contribution >= 4 is 25.2 Å². The molecule has 0 radical (unpaired) electrons. The van der Waals surface area contributed by atoms with Crippen LogP contribution in [0.2, 0.25) is 0 Å². The Balaban J connectivity index is 1.91. The third kappa shape index (κ3) is 8.45. The molecule has 0 bridgehead atoms. The maximum absolute atomic E-state index is 12.1. The number of ether oxygens (including phenoxy) is 1. The molecule has 2 aromatic rings. The van der Waals surface area contributed by atoms with Crippen molar-refractivity contribution < 1.29 is 24.4 Å². The Labute approximate surface area is 194 Å². The van der Waals surface area contributed by atoms with Crippen LogP contribution in [0.4, 0.5) is 4.79 Å². The number of nitrogens with zero attached hydrogens (tertiary/aromatic N) is 2. The van der Waals surface area contributed by atoms with E-state index in [1.165, 1.54) is 11.0 Å². The number of hydrogen-bond donors (Lipinski definition) is 3. The summed E-state index contributed by atoms with van der Waals surface area (Å²) in [6.45, 7) is 2.02. The minimum atomic E-state index is -1.73. The zero-order chi connectivity index (χ0) is 24.4. The largest absolute Gasteiger partial charge is 0.475 e. The number of aryl methyl sites for hydroxylation is 1. The molecule has 0 fully saturated rings. The first kappa shape index (κ1) is 25.7. The van der Waals surface area contributed by atoms with Crippen LogP contribution < -0.4 is 5.32 Å². The van der Waals surface area contributed by atoms with Crippen molar-refractivity contribution in [2.45, 2.75) is 25.7 Å². The van der Waals surface area contributed by atoms with Gasteiger partial charge in [0.05, 0.1) is 12.5 Å². The molecule has 0 unspecified atom stereocenters. The summed E-state index contributed by atoms with van der Waals surface area (Å²) in [5.41, 5.74) is 3.50. The number of carbonyl (C=O) groups is 2. The summed E-state index contributed by atoms with van der Waals surface area (Å²) >= 11 is 0. The quantitative estimate of drug-likeness (QED) is 0.305. The van der Waals surface area contributed by atoms with E-state index >= 15 is 0 Å². The second-order valence-electron chi connectivity index (χ2n) is 7.85. The summed E-state index contributed by atoms with van der Waals surface area (Å²) in [5.74, 6) is -1.29. The van der Waals surface area contributed by atoms with Gasteiger partial charge in [-0.2, -0.15) is 5.26 Å². The Hall–Kier alpha value is -3.61. The summed E-state index contributed by atoms with van der Waals surface area (Å²) in [7, 11) is 1.42. The first-order valence-corrected chi connectivity index (χ1v) is 10.5. The third-order valence-corrected chi connectivity index (χ3v) is 4.88. The average molecular weight is 449 g/mol. The molecule has 8 nitrogen and oxygen atoms in total. The fraction of sp³-hybridized carbons (Fsp3) is 0.292. The fourth-order valence-electron chi connectivity index (χ4n) is 3.05. The molecule has 0 saturated heterocycles. The number of carbonyl (C=O) groups excluding carboxylic acids is 2. The highest BCUT2D eigenvalue weighted by Gasteiger charge is 2.26. The van der Waals surface area contributed by atoms with Crippen LogP contribution in [0.3, 0.4) is 0 Å². The highest BCUT2D eigenvalue weighted by Crippen LogP contribution is 2.12. The fourth-order valence-corrected chi connectivity index (χ4v) is 3.05. The van der Waals surface area contributed by atoms with E-state index in [0.29, 0.717) is 12.0 Å². The number of alkyl carbamates (subject to hydrolysis) is 1. The van der Waals surface area contributed by atoms with Gasteiger partial charge < -0.3 is 25.0 Å². The normalized spacial score (nSPS) is 11.8. The summed E-state index contributed by atoms with van der Waals surface area (Å²) in [4.78, 5) is 25.5. The van der Waals surface area contributed by atoms with Crippen LogP contribution in [-0.4, -0.2) is 60.7 Å². The Morgan fingerprint density at radius 1 is 1.18 bits per heavy atom. The Bertz CT molecular complexity index is 1030. The van der Waals surface area contributed by atoms with Crippen molar-refractivity contribution in [3.05, 3.63) is 76.4 Å². The lowest BCUT2D eigenvalue weighted by Gasteiger charge is -2.18. The van der Waals surface area contributed by atoms with Gasteiger partial charge >= 0.3 is 13.2 Å². The summed E-state index contributed by atoms with van der Waals surface area (Å²) in [6.07, 6.45) is 1.41. The monoisotopic (exact) mass is 449 g/mol. The Morgan fingerprint density at radius 3 is 2.48 bits per heavy atom. The first-order valence-electron chi connectivity index (χ1n) is 10.5.